The summed E-state index contributed by atoms with van der Waals surface area (Å²) in [6.07, 6.45) is 3.20. The van der Waals surface area contributed by atoms with E-state index in [2.05, 4.69) is 47.7 Å². The fourth-order valence-corrected chi connectivity index (χ4v) is 1.75. The van der Waals surface area contributed by atoms with Gasteiger partial charge in [-0.3, -0.25) is 4.68 Å². The molecule has 0 saturated heterocycles. The third-order valence-corrected chi connectivity index (χ3v) is 2.62. The summed E-state index contributed by atoms with van der Waals surface area (Å²) in [5.74, 6) is 0. The summed E-state index contributed by atoms with van der Waals surface area (Å²) in [6.45, 7) is 4.91. The van der Waals surface area contributed by atoms with Crippen molar-refractivity contribution in [2.45, 2.75) is 26.4 Å². The highest BCUT2D eigenvalue weighted by molar-refractivity contribution is 5.15. The van der Waals surface area contributed by atoms with Crippen LogP contribution in [0.15, 0.2) is 42.6 Å². The standard InChI is InChI=1S/C14H19N3/c1-2-9-15-11-14-8-10-17(16-14)12-13-6-4-3-5-7-13/h3-8,10,15H,2,9,11-12H2,1H3. The van der Waals surface area contributed by atoms with Gasteiger partial charge in [-0.2, -0.15) is 5.10 Å². The average Bonchev–Trinajstić information content (AvgIpc) is 2.79. The molecule has 3 nitrogen and oxygen atoms in total. The van der Waals surface area contributed by atoms with E-state index in [4.69, 9.17) is 0 Å². The molecule has 2 rings (SSSR count). The lowest BCUT2D eigenvalue weighted by Gasteiger charge is -2.02. The first-order valence-corrected chi connectivity index (χ1v) is 6.15. The summed E-state index contributed by atoms with van der Waals surface area (Å²) >= 11 is 0. The SMILES string of the molecule is CCCNCc1ccn(Cc2ccccc2)n1. The van der Waals surface area contributed by atoms with E-state index in [0.29, 0.717) is 0 Å². The molecule has 0 unspecified atom stereocenters. The van der Waals surface area contributed by atoms with Crippen molar-refractivity contribution in [1.29, 1.82) is 0 Å². The lowest BCUT2D eigenvalue weighted by atomic mass is 10.2. The molecule has 90 valence electrons. The highest BCUT2D eigenvalue weighted by Gasteiger charge is 1.99. The van der Waals surface area contributed by atoms with Crippen molar-refractivity contribution in [3.05, 3.63) is 53.9 Å². The van der Waals surface area contributed by atoms with E-state index in [1.807, 2.05) is 16.9 Å². The normalized spacial score (nSPS) is 10.6. The molecule has 2 aromatic rings. The molecule has 0 amide bonds. The van der Waals surface area contributed by atoms with Gasteiger partial charge in [0.2, 0.25) is 0 Å². The molecule has 0 atom stereocenters. The van der Waals surface area contributed by atoms with Crippen LogP contribution in [-0.4, -0.2) is 16.3 Å². The van der Waals surface area contributed by atoms with Crippen molar-refractivity contribution in [1.82, 2.24) is 15.1 Å². The van der Waals surface area contributed by atoms with Crippen LogP contribution in [-0.2, 0) is 13.1 Å². The van der Waals surface area contributed by atoms with Gasteiger partial charge in [-0.05, 0) is 24.6 Å². The zero-order valence-corrected chi connectivity index (χ0v) is 10.3. The first kappa shape index (κ1) is 11.9. The molecular weight excluding hydrogens is 210 g/mol. The summed E-state index contributed by atoms with van der Waals surface area (Å²) in [5, 5.41) is 7.88. The van der Waals surface area contributed by atoms with Crippen molar-refractivity contribution >= 4 is 0 Å². The van der Waals surface area contributed by atoms with Gasteiger partial charge in [-0.25, -0.2) is 0 Å². The van der Waals surface area contributed by atoms with E-state index in [-0.39, 0.29) is 0 Å². The molecule has 0 aliphatic carbocycles. The zero-order valence-electron chi connectivity index (χ0n) is 10.3. The molecule has 0 saturated carbocycles. The van der Waals surface area contributed by atoms with Crippen LogP contribution in [0, 0.1) is 0 Å². The van der Waals surface area contributed by atoms with Crippen LogP contribution in [0.2, 0.25) is 0 Å². The van der Waals surface area contributed by atoms with Gasteiger partial charge in [0.05, 0.1) is 12.2 Å². The minimum absolute atomic E-state index is 0.842. The third kappa shape index (κ3) is 3.71. The number of nitrogens with zero attached hydrogens (tertiary/aromatic N) is 2. The van der Waals surface area contributed by atoms with Gasteiger partial charge >= 0.3 is 0 Å². The highest BCUT2D eigenvalue weighted by atomic mass is 15.3. The minimum atomic E-state index is 0.842. The molecule has 0 radical (unpaired) electrons. The van der Waals surface area contributed by atoms with Crippen LogP contribution in [0.4, 0.5) is 0 Å². The largest absolute Gasteiger partial charge is 0.311 e. The van der Waals surface area contributed by atoms with Gasteiger partial charge in [-0.1, -0.05) is 37.3 Å². The molecule has 0 aliphatic heterocycles. The van der Waals surface area contributed by atoms with Crippen LogP contribution in [0.25, 0.3) is 0 Å². The number of hydrogen-bond donors (Lipinski definition) is 1. The molecule has 3 heteroatoms. The van der Waals surface area contributed by atoms with E-state index in [0.717, 1.165) is 31.7 Å². The van der Waals surface area contributed by atoms with Gasteiger partial charge in [-0.15, -0.1) is 0 Å². The lowest BCUT2D eigenvalue weighted by molar-refractivity contribution is 0.628. The van der Waals surface area contributed by atoms with Crippen LogP contribution < -0.4 is 5.32 Å². The van der Waals surface area contributed by atoms with Crippen molar-refractivity contribution in [2.24, 2.45) is 0 Å². The Morgan fingerprint density at radius 2 is 2.00 bits per heavy atom. The Kier molecular flexibility index (Phi) is 4.33. The molecule has 1 aromatic carbocycles. The third-order valence-electron chi connectivity index (χ3n) is 2.62. The second-order valence-corrected chi connectivity index (χ2v) is 4.17. The Labute approximate surface area is 102 Å². The number of aromatic nitrogens is 2. The Bertz CT molecular complexity index is 434. The summed E-state index contributed by atoms with van der Waals surface area (Å²) in [6, 6.07) is 12.5. The number of hydrogen-bond acceptors (Lipinski definition) is 2. The summed E-state index contributed by atoms with van der Waals surface area (Å²) < 4.78 is 1.98. The van der Waals surface area contributed by atoms with Gasteiger partial charge < -0.3 is 5.32 Å². The van der Waals surface area contributed by atoms with Gasteiger partial charge in [0.1, 0.15) is 0 Å². The molecule has 0 bridgehead atoms. The number of rotatable bonds is 6. The first-order chi connectivity index (χ1) is 8.38. The molecule has 17 heavy (non-hydrogen) atoms. The zero-order chi connectivity index (χ0) is 11.9. The predicted molar refractivity (Wildman–Crippen MR) is 69.8 cm³/mol. The maximum absolute atomic E-state index is 4.53. The van der Waals surface area contributed by atoms with Crippen LogP contribution in [0.3, 0.4) is 0 Å². The molecule has 1 heterocycles. The summed E-state index contributed by atoms with van der Waals surface area (Å²) in [5.41, 5.74) is 2.39. The van der Waals surface area contributed by atoms with Gasteiger partial charge in [0.25, 0.3) is 0 Å². The van der Waals surface area contributed by atoms with Gasteiger partial charge in [0.15, 0.2) is 0 Å². The van der Waals surface area contributed by atoms with E-state index in [1.165, 1.54) is 5.56 Å². The second-order valence-electron chi connectivity index (χ2n) is 4.17. The number of benzene rings is 1. The van der Waals surface area contributed by atoms with Crippen molar-refractivity contribution in [3.63, 3.8) is 0 Å². The first-order valence-electron chi connectivity index (χ1n) is 6.15. The maximum Gasteiger partial charge on any atom is 0.0762 e. The Morgan fingerprint density at radius 1 is 1.18 bits per heavy atom. The van der Waals surface area contributed by atoms with E-state index in [9.17, 15) is 0 Å². The monoisotopic (exact) mass is 229 g/mol. The molecule has 0 aliphatic rings. The fourth-order valence-electron chi connectivity index (χ4n) is 1.75. The summed E-state index contributed by atoms with van der Waals surface area (Å²) in [7, 11) is 0. The van der Waals surface area contributed by atoms with E-state index >= 15 is 0 Å². The van der Waals surface area contributed by atoms with Crippen molar-refractivity contribution < 1.29 is 0 Å². The molecule has 1 aromatic heterocycles. The molecule has 0 spiro atoms. The quantitative estimate of drug-likeness (QED) is 0.771. The predicted octanol–water partition coefficient (Wildman–Crippen LogP) is 2.43. The smallest absolute Gasteiger partial charge is 0.0762 e. The Hall–Kier alpha value is -1.61. The Morgan fingerprint density at radius 3 is 2.76 bits per heavy atom. The lowest BCUT2D eigenvalue weighted by Crippen LogP contribution is -2.14. The van der Waals surface area contributed by atoms with Crippen LogP contribution >= 0.6 is 0 Å². The van der Waals surface area contributed by atoms with Gasteiger partial charge in [0, 0.05) is 12.7 Å². The average molecular weight is 229 g/mol. The minimum Gasteiger partial charge on any atom is -0.311 e. The topological polar surface area (TPSA) is 29.9 Å². The maximum atomic E-state index is 4.53. The highest BCUT2D eigenvalue weighted by Crippen LogP contribution is 2.03. The number of nitrogens with one attached hydrogen (secondary N) is 1. The van der Waals surface area contributed by atoms with Crippen LogP contribution in [0.5, 0.6) is 0 Å². The molecule has 0 fully saturated rings. The summed E-state index contributed by atoms with van der Waals surface area (Å²) in [4.78, 5) is 0. The van der Waals surface area contributed by atoms with Crippen molar-refractivity contribution in [3.8, 4) is 0 Å². The second kappa shape index (κ2) is 6.21. The Balaban J connectivity index is 1.90. The van der Waals surface area contributed by atoms with Crippen LogP contribution in [0.1, 0.15) is 24.6 Å². The van der Waals surface area contributed by atoms with E-state index in [1.54, 1.807) is 0 Å². The molecular formula is C14H19N3. The van der Waals surface area contributed by atoms with Crippen molar-refractivity contribution in [2.75, 3.05) is 6.54 Å². The fraction of sp³-hybridized carbons (Fsp3) is 0.357. The van der Waals surface area contributed by atoms with E-state index < -0.39 is 0 Å². The molecule has 1 N–H and O–H groups in total.